The van der Waals surface area contributed by atoms with Crippen LogP contribution in [0.5, 0.6) is 0 Å². The Balaban J connectivity index is 0.00000144. The van der Waals surface area contributed by atoms with E-state index in [4.69, 9.17) is 5.73 Å². The van der Waals surface area contributed by atoms with Gasteiger partial charge in [0.15, 0.2) is 0 Å². The summed E-state index contributed by atoms with van der Waals surface area (Å²) >= 11 is 0. The first-order valence-corrected chi connectivity index (χ1v) is 7.65. The molecule has 4 nitrogen and oxygen atoms in total. The van der Waals surface area contributed by atoms with E-state index in [9.17, 15) is 4.79 Å². The summed E-state index contributed by atoms with van der Waals surface area (Å²) in [5, 5.41) is 0. The fraction of sp³-hybridized carbons (Fsp3) is 0.278. The SMILES string of the molecule is Cl.Cl.NC(C(=O)N1CCN(c2ccccc2)CC1)c1ccccc1. The van der Waals surface area contributed by atoms with E-state index in [1.807, 2.05) is 53.4 Å². The molecule has 0 spiro atoms. The van der Waals surface area contributed by atoms with Crippen molar-refractivity contribution in [2.24, 2.45) is 5.73 Å². The second-order valence-corrected chi connectivity index (χ2v) is 5.54. The van der Waals surface area contributed by atoms with Crippen LogP contribution in [0.2, 0.25) is 0 Å². The van der Waals surface area contributed by atoms with E-state index in [-0.39, 0.29) is 30.7 Å². The van der Waals surface area contributed by atoms with Gasteiger partial charge in [0.05, 0.1) is 0 Å². The zero-order valence-corrected chi connectivity index (χ0v) is 15.0. The number of piperazine rings is 1. The molecule has 1 fully saturated rings. The predicted octanol–water partition coefficient (Wildman–Crippen LogP) is 2.88. The summed E-state index contributed by atoms with van der Waals surface area (Å²) in [6.07, 6.45) is 0. The smallest absolute Gasteiger partial charge is 0.244 e. The number of anilines is 1. The van der Waals surface area contributed by atoms with Gasteiger partial charge >= 0.3 is 0 Å². The maximum atomic E-state index is 12.5. The van der Waals surface area contributed by atoms with Crippen molar-refractivity contribution in [3.05, 3.63) is 66.2 Å². The van der Waals surface area contributed by atoms with Crippen LogP contribution in [0.15, 0.2) is 60.7 Å². The summed E-state index contributed by atoms with van der Waals surface area (Å²) in [6, 6.07) is 19.3. The van der Waals surface area contributed by atoms with Gasteiger partial charge in [-0.05, 0) is 17.7 Å². The van der Waals surface area contributed by atoms with Crippen LogP contribution in [0.4, 0.5) is 5.69 Å². The molecular weight excluding hydrogens is 345 g/mol. The van der Waals surface area contributed by atoms with Gasteiger partial charge in [0.1, 0.15) is 6.04 Å². The van der Waals surface area contributed by atoms with Crippen LogP contribution >= 0.6 is 24.8 Å². The van der Waals surface area contributed by atoms with Crippen LogP contribution in [0.25, 0.3) is 0 Å². The molecule has 0 saturated carbocycles. The lowest BCUT2D eigenvalue weighted by molar-refractivity contribution is -0.133. The molecule has 130 valence electrons. The molecule has 1 amide bonds. The lowest BCUT2D eigenvalue weighted by Gasteiger charge is -2.37. The summed E-state index contributed by atoms with van der Waals surface area (Å²) in [5.74, 6) is 0.0129. The fourth-order valence-electron chi connectivity index (χ4n) is 2.82. The molecule has 2 aromatic rings. The molecule has 3 rings (SSSR count). The lowest BCUT2D eigenvalue weighted by Crippen LogP contribution is -2.51. The van der Waals surface area contributed by atoms with Gasteiger partial charge in [-0.25, -0.2) is 0 Å². The summed E-state index contributed by atoms with van der Waals surface area (Å²) < 4.78 is 0. The van der Waals surface area contributed by atoms with Gasteiger partial charge in [-0.2, -0.15) is 0 Å². The Morgan fingerprint density at radius 1 is 0.833 bits per heavy atom. The van der Waals surface area contributed by atoms with Crippen LogP contribution < -0.4 is 10.6 Å². The topological polar surface area (TPSA) is 49.6 Å². The average molecular weight is 368 g/mol. The Hall–Kier alpha value is -1.75. The third kappa shape index (κ3) is 4.63. The number of amides is 1. The summed E-state index contributed by atoms with van der Waals surface area (Å²) in [4.78, 5) is 16.7. The molecule has 0 bridgehead atoms. The molecule has 1 unspecified atom stereocenters. The first kappa shape index (κ1) is 20.3. The molecule has 0 aromatic heterocycles. The molecule has 0 radical (unpaired) electrons. The van der Waals surface area contributed by atoms with Crippen molar-refractivity contribution in [2.45, 2.75) is 6.04 Å². The summed E-state index contributed by atoms with van der Waals surface area (Å²) in [5.41, 5.74) is 8.19. The van der Waals surface area contributed by atoms with Crippen LogP contribution in [-0.4, -0.2) is 37.0 Å². The highest BCUT2D eigenvalue weighted by atomic mass is 35.5. The zero-order valence-electron chi connectivity index (χ0n) is 13.4. The van der Waals surface area contributed by atoms with Gasteiger partial charge in [0, 0.05) is 31.9 Å². The lowest BCUT2D eigenvalue weighted by atomic mass is 10.1. The van der Waals surface area contributed by atoms with Gasteiger partial charge in [0.2, 0.25) is 5.91 Å². The highest BCUT2D eigenvalue weighted by molar-refractivity contribution is 5.85. The average Bonchev–Trinajstić information content (AvgIpc) is 2.62. The fourth-order valence-corrected chi connectivity index (χ4v) is 2.82. The number of para-hydroxylation sites is 1. The largest absolute Gasteiger partial charge is 0.368 e. The minimum Gasteiger partial charge on any atom is -0.368 e. The van der Waals surface area contributed by atoms with Gasteiger partial charge in [0.25, 0.3) is 0 Å². The van der Waals surface area contributed by atoms with E-state index in [2.05, 4.69) is 17.0 Å². The van der Waals surface area contributed by atoms with Gasteiger partial charge in [-0.15, -0.1) is 24.8 Å². The van der Waals surface area contributed by atoms with Crippen molar-refractivity contribution in [1.82, 2.24) is 4.90 Å². The number of carbonyl (C=O) groups excluding carboxylic acids is 1. The quantitative estimate of drug-likeness (QED) is 0.907. The van der Waals surface area contributed by atoms with E-state index < -0.39 is 6.04 Å². The third-order valence-corrected chi connectivity index (χ3v) is 4.14. The molecule has 2 N–H and O–H groups in total. The second-order valence-electron chi connectivity index (χ2n) is 5.54. The molecule has 0 aliphatic carbocycles. The minimum atomic E-state index is -0.565. The van der Waals surface area contributed by atoms with E-state index in [0.717, 1.165) is 18.7 Å². The molecule has 1 heterocycles. The molecular formula is C18H23Cl2N3O. The summed E-state index contributed by atoms with van der Waals surface area (Å²) in [6.45, 7) is 3.12. The van der Waals surface area contributed by atoms with Gasteiger partial charge in [-0.3, -0.25) is 4.79 Å². The molecule has 6 heteroatoms. The van der Waals surface area contributed by atoms with Gasteiger partial charge < -0.3 is 15.5 Å². The van der Waals surface area contributed by atoms with Crippen LogP contribution in [0.3, 0.4) is 0 Å². The summed E-state index contributed by atoms with van der Waals surface area (Å²) in [7, 11) is 0. The zero-order chi connectivity index (χ0) is 15.4. The number of halogens is 2. The number of nitrogens with zero attached hydrogens (tertiary/aromatic N) is 2. The Morgan fingerprint density at radius 3 is 1.88 bits per heavy atom. The van der Waals surface area contributed by atoms with Crippen LogP contribution in [0, 0.1) is 0 Å². The Morgan fingerprint density at radius 2 is 1.33 bits per heavy atom. The molecule has 2 aromatic carbocycles. The van der Waals surface area contributed by atoms with Crippen molar-refractivity contribution in [1.29, 1.82) is 0 Å². The van der Waals surface area contributed by atoms with E-state index >= 15 is 0 Å². The first-order valence-electron chi connectivity index (χ1n) is 7.65. The van der Waals surface area contributed by atoms with Crippen molar-refractivity contribution >= 4 is 36.4 Å². The van der Waals surface area contributed by atoms with Crippen molar-refractivity contribution < 1.29 is 4.79 Å². The Kier molecular flexibility index (Phi) is 8.05. The van der Waals surface area contributed by atoms with Crippen molar-refractivity contribution in [3.63, 3.8) is 0 Å². The number of hydrogen-bond acceptors (Lipinski definition) is 3. The molecule has 1 atom stereocenters. The predicted molar refractivity (Wildman–Crippen MR) is 103 cm³/mol. The standard InChI is InChI=1S/C18H21N3O.2ClH/c19-17(15-7-3-1-4-8-15)18(22)21-13-11-20(12-14-21)16-9-5-2-6-10-16;;/h1-10,17H,11-14,19H2;2*1H. The minimum absolute atomic E-state index is 0. The number of carbonyl (C=O) groups is 1. The van der Waals surface area contributed by atoms with Crippen molar-refractivity contribution in [3.8, 4) is 0 Å². The molecule has 1 saturated heterocycles. The number of nitrogens with two attached hydrogens (primary N) is 1. The number of rotatable bonds is 3. The Bertz CT molecular complexity index is 617. The highest BCUT2D eigenvalue weighted by Crippen LogP contribution is 2.18. The Labute approximate surface area is 155 Å². The van der Waals surface area contributed by atoms with E-state index in [0.29, 0.717) is 13.1 Å². The van der Waals surface area contributed by atoms with E-state index in [1.165, 1.54) is 5.69 Å². The van der Waals surface area contributed by atoms with Gasteiger partial charge in [-0.1, -0.05) is 48.5 Å². The van der Waals surface area contributed by atoms with Crippen LogP contribution in [0.1, 0.15) is 11.6 Å². The third-order valence-electron chi connectivity index (χ3n) is 4.14. The normalized spacial score (nSPS) is 15.0. The van der Waals surface area contributed by atoms with Crippen LogP contribution in [-0.2, 0) is 4.79 Å². The monoisotopic (exact) mass is 367 g/mol. The number of benzene rings is 2. The second kappa shape index (κ2) is 9.52. The maximum absolute atomic E-state index is 12.5. The molecule has 24 heavy (non-hydrogen) atoms. The van der Waals surface area contributed by atoms with E-state index in [1.54, 1.807) is 0 Å². The highest BCUT2D eigenvalue weighted by Gasteiger charge is 2.26. The first-order chi connectivity index (χ1) is 10.8. The maximum Gasteiger partial charge on any atom is 0.244 e. The van der Waals surface area contributed by atoms with Crippen molar-refractivity contribution in [2.75, 3.05) is 31.1 Å². The molecule has 1 aliphatic rings. The molecule has 1 aliphatic heterocycles. The number of hydrogen-bond donors (Lipinski definition) is 1.